The van der Waals surface area contributed by atoms with E-state index in [9.17, 15) is 0 Å². The summed E-state index contributed by atoms with van der Waals surface area (Å²) in [6, 6.07) is 35.5. The maximum absolute atomic E-state index is 3.39. The van der Waals surface area contributed by atoms with Gasteiger partial charge in [-0.25, -0.2) is 5.57 Å². The molecule has 0 aromatic heterocycles. The summed E-state index contributed by atoms with van der Waals surface area (Å²) in [5.74, 6) is 0.468. The van der Waals surface area contributed by atoms with Crippen LogP contribution in [0.1, 0.15) is 104 Å². The third kappa shape index (κ3) is 10.8. The molecule has 0 saturated heterocycles. The second kappa shape index (κ2) is 17.0. The van der Waals surface area contributed by atoms with E-state index < -0.39 is 0 Å². The molecule has 0 radical (unpaired) electrons. The van der Waals surface area contributed by atoms with Crippen LogP contribution in [0.4, 0.5) is 0 Å². The molecule has 0 nitrogen and oxygen atoms in total. The van der Waals surface area contributed by atoms with Crippen LogP contribution in [0.2, 0.25) is 0 Å². The summed E-state index contributed by atoms with van der Waals surface area (Å²) in [4.78, 5) is 0. The summed E-state index contributed by atoms with van der Waals surface area (Å²) in [6.07, 6.45) is 5.66. The Balaban J connectivity index is 0.000000259. The zero-order valence-corrected chi connectivity index (χ0v) is 34.7. The fourth-order valence-electron chi connectivity index (χ4n) is 5.80. The molecular weight excluding hydrogens is 703 g/mol. The molecular formula is C45H52Cl2Zr-2. The fourth-order valence-corrected chi connectivity index (χ4v) is 6.27. The van der Waals surface area contributed by atoms with E-state index in [1.807, 2.05) is 6.07 Å². The molecule has 5 aromatic carbocycles. The first-order chi connectivity index (χ1) is 21.5. The number of hydrogen-bond acceptors (Lipinski definition) is 0. The van der Waals surface area contributed by atoms with Crippen LogP contribution in [0, 0.1) is 12.0 Å². The Morgan fingerprint density at radius 3 is 1.44 bits per heavy atom. The van der Waals surface area contributed by atoms with Crippen LogP contribution < -0.4 is 24.8 Å². The van der Waals surface area contributed by atoms with Crippen molar-refractivity contribution in [3.8, 4) is 0 Å². The molecule has 1 aliphatic carbocycles. The minimum atomic E-state index is 0. The smallest absolute Gasteiger partial charge is 0.0202 e. The van der Waals surface area contributed by atoms with Gasteiger partial charge in [0.15, 0.2) is 0 Å². The van der Waals surface area contributed by atoms with Gasteiger partial charge in [-0.1, -0.05) is 127 Å². The van der Waals surface area contributed by atoms with Gasteiger partial charge < -0.3 is 24.8 Å². The summed E-state index contributed by atoms with van der Waals surface area (Å²) in [5, 5.41) is 5.48. The third-order valence-corrected chi connectivity index (χ3v) is 9.55. The SMILES string of the molecule is CC(C)(C)c1ccc([CH]=[Zr+2])cc1.CC(C)(C)c1ccc2c(c1)[cH-]c1cc(C(C)(C)C)ccc12.CC1=[C-]C(C)C=C1c1ccccc1.[Cl-].[Cl-]. The van der Waals surface area contributed by atoms with Crippen molar-refractivity contribution in [2.45, 2.75) is 92.4 Å². The van der Waals surface area contributed by atoms with Crippen LogP contribution in [0.3, 0.4) is 0 Å². The minimum Gasteiger partial charge on any atom is -1.00 e. The van der Waals surface area contributed by atoms with Crippen LogP contribution in [0.5, 0.6) is 0 Å². The summed E-state index contributed by atoms with van der Waals surface area (Å²) in [5.41, 5.74) is 10.2. The second-order valence-corrected chi connectivity index (χ2v) is 16.5. The number of hydrogen-bond donors (Lipinski definition) is 0. The molecule has 0 saturated carbocycles. The molecule has 0 bridgehead atoms. The van der Waals surface area contributed by atoms with E-state index in [0.717, 1.165) is 0 Å². The zero-order valence-electron chi connectivity index (χ0n) is 30.7. The monoisotopic (exact) mass is 752 g/mol. The Kier molecular flexibility index (Phi) is 14.8. The molecule has 0 spiro atoms. The van der Waals surface area contributed by atoms with E-state index >= 15 is 0 Å². The quantitative estimate of drug-likeness (QED) is 0.182. The summed E-state index contributed by atoms with van der Waals surface area (Å²) in [6.45, 7) is 24.6. The maximum Gasteiger partial charge on any atom is -0.0202 e. The van der Waals surface area contributed by atoms with Crippen molar-refractivity contribution in [2.24, 2.45) is 5.92 Å². The Bertz CT molecular complexity index is 1780. The Morgan fingerprint density at radius 2 is 1.06 bits per heavy atom. The Morgan fingerprint density at radius 1 is 0.625 bits per heavy atom. The first-order valence-electron chi connectivity index (χ1n) is 16.6. The molecule has 3 heteroatoms. The largest absolute Gasteiger partial charge is 1.00 e. The van der Waals surface area contributed by atoms with Gasteiger partial charge in [-0.2, -0.15) is 11.6 Å². The van der Waals surface area contributed by atoms with Crippen molar-refractivity contribution in [3.63, 3.8) is 0 Å². The minimum absolute atomic E-state index is 0. The number of rotatable bonds is 2. The van der Waals surface area contributed by atoms with Gasteiger partial charge in [0.05, 0.1) is 0 Å². The molecule has 0 amide bonds. The van der Waals surface area contributed by atoms with Crippen molar-refractivity contribution in [3.05, 3.63) is 143 Å². The van der Waals surface area contributed by atoms with E-state index in [1.165, 1.54) is 84.7 Å². The Labute approximate surface area is 318 Å². The van der Waals surface area contributed by atoms with E-state index in [-0.39, 0.29) is 41.1 Å². The van der Waals surface area contributed by atoms with Crippen LogP contribution in [0.25, 0.3) is 27.1 Å². The Hall–Kier alpha value is -2.44. The van der Waals surface area contributed by atoms with Crippen molar-refractivity contribution in [2.75, 3.05) is 0 Å². The van der Waals surface area contributed by atoms with E-state index in [0.29, 0.717) is 5.92 Å². The zero-order chi connectivity index (χ0) is 33.9. The van der Waals surface area contributed by atoms with Crippen LogP contribution in [0.15, 0.2) is 109 Å². The van der Waals surface area contributed by atoms with Crippen LogP contribution in [-0.4, -0.2) is 3.71 Å². The first kappa shape index (κ1) is 41.7. The molecule has 5 aromatic rings. The predicted molar refractivity (Wildman–Crippen MR) is 201 cm³/mol. The van der Waals surface area contributed by atoms with Gasteiger partial charge in [-0.3, -0.25) is 6.08 Å². The van der Waals surface area contributed by atoms with Crippen molar-refractivity contribution in [1.82, 2.24) is 0 Å². The third-order valence-electron chi connectivity index (χ3n) is 8.73. The average Bonchev–Trinajstić information content (AvgIpc) is 3.54. The molecule has 0 heterocycles. The second-order valence-electron chi connectivity index (χ2n) is 15.8. The molecule has 0 fully saturated rings. The van der Waals surface area contributed by atoms with Crippen LogP contribution >= 0.6 is 0 Å². The predicted octanol–water partition coefficient (Wildman–Crippen LogP) is 6.47. The van der Waals surface area contributed by atoms with Crippen molar-refractivity contribution in [1.29, 1.82) is 0 Å². The topological polar surface area (TPSA) is 0 Å². The van der Waals surface area contributed by atoms with Crippen molar-refractivity contribution < 1.29 is 49.0 Å². The standard InChI is InChI=1S/C21H25.C13H13.C11H14.2ClH.Zr/c1-20(2,3)16-7-9-18-14(12-16)11-15-13-17(21(4,5)6)8-10-19(15)18;1-10-8-11(2)13(9-10)12-6-4-3-5-7-12;1-9-5-7-10(8-6-9)11(2,3)4;;;/h7-13H,1-6H3;3-7,9-10H,1-2H3;1,5-8H,2-4H3;2*1H;/q2*-1;;;;+2/p-2. The fraction of sp³-hybridized carbons (Fsp3) is 0.333. The van der Waals surface area contributed by atoms with Gasteiger partial charge in [-0.15, -0.1) is 45.3 Å². The van der Waals surface area contributed by atoms with E-state index in [4.69, 9.17) is 0 Å². The van der Waals surface area contributed by atoms with Gasteiger partial charge in [0.25, 0.3) is 0 Å². The summed E-state index contributed by atoms with van der Waals surface area (Å²) < 4.78 is 2.21. The van der Waals surface area contributed by atoms with Gasteiger partial charge in [0, 0.05) is 0 Å². The van der Waals surface area contributed by atoms with Gasteiger partial charge >= 0.3 is 89.5 Å². The van der Waals surface area contributed by atoms with Gasteiger partial charge in [0.2, 0.25) is 0 Å². The normalized spacial score (nSPS) is 14.4. The van der Waals surface area contributed by atoms with E-state index in [1.54, 1.807) is 0 Å². The molecule has 0 aliphatic heterocycles. The number of halogens is 2. The first-order valence-corrected chi connectivity index (χ1v) is 18.0. The molecule has 48 heavy (non-hydrogen) atoms. The summed E-state index contributed by atoms with van der Waals surface area (Å²) in [7, 11) is 0. The summed E-state index contributed by atoms with van der Waals surface area (Å²) >= 11 is 1.46. The molecule has 1 atom stereocenters. The molecule has 0 N–H and O–H groups in total. The number of fused-ring (bicyclic) bond motifs is 3. The molecule has 1 aliphatic rings. The number of allylic oxidation sites excluding steroid dienone is 4. The molecule has 6 rings (SSSR count). The van der Waals surface area contributed by atoms with Gasteiger partial charge in [-0.05, 0) is 10.8 Å². The average molecular weight is 755 g/mol. The van der Waals surface area contributed by atoms with E-state index in [2.05, 4.69) is 183 Å². The maximum atomic E-state index is 3.39. The van der Waals surface area contributed by atoms with Crippen LogP contribution in [-0.2, 0) is 40.5 Å². The van der Waals surface area contributed by atoms with Crippen molar-refractivity contribution >= 4 is 30.8 Å². The molecule has 1 unspecified atom stereocenters. The van der Waals surface area contributed by atoms with Gasteiger partial charge in [0.1, 0.15) is 0 Å². The number of benzene rings is 4. The molecule has 252 valence electrons.